The number of aromatic nitrogens is 10. The highest BCUT2D eigenvalue weighted by atomic mass is 16.7. The fraction of sp³-hybridized carbons (Fsp3) is 0.493. The van der Waals surface area contributed by atoms with Gasteiger partial charge in [-0.2, -0.15) is 41.3 Å². The third-order valence-corrected chi connectivity index (χ3v) is 15.7. The van der Waals surface area contributed by atoms with E-state index in [1.54, 1.807) is 72.7 Å². The SMILES string of the molecule is C#Cc1cc(C(C)O[C@]23CCC[C@@]2(CC=C)CCO3)nn1C.C=CC[C@@]12CCC=C1OCC2.CC(=O)c1cc(C#N)n(C)n1.CC(O)c1cc(C#N)n(C)n1.CC(O)c1cc(C#N)n(C)n1.CCOC(=O)C1=CC(C(C)=O)=NC1.CCOC(=O)c1cc(C(C)=O)nn1C. The molecule has 5 aliphatic rings. The van der Waals surface area contributed by atoms with Gasteiger partial charge in [-0.05, 0) is 104 Å². The lowest BCUT2D eigenvalue weighted by Crippen LogP contribution is -2.43. The molecule has 3 fully saturated rings. The van der Waals surface area contributed by atoms with Crippen LogP contribution in [0.4, 0.5) is 0 Å². The zero-order valence-electron chi connectivity index (χ0n) is 55.6. The zero-order valence-corrected chi connectivity index (χ0v) is 55.6. The summed E-state index contributed by atoms with van der Waals surface area (Å²) in [5, 5.41) is 63.7. The Bertz CT molecular complexity index is 3670. The maximum Gasteiger partial charge on any atom is 0.356 e. The van der Waals surface area contributed by atoms with E-state index in [2.05, 4.69) is 55.6 Å². The van der Waals surface area contributed by atoms with Gasteiger partial charge in [-0.15, -0.1) is 19.6 Å². The Morgan fingerprint density at radius 1 is 0.667 bits per heavy atom. The average Bonchev–Trinajstić information content (AvgIpc) is 1.59. The van der Waals surface area contributed by atoms with Gasteiger partial charge >= 0.3 is 11.9 Å². The van der Waals surface area contributed by atoms with Crippen molar-refractivity contribution in [2.45, 2.75) is 137 Å². The highest BCUT2D eigenvalue weighted by Crippen LogP contribution is 2.59. The molecule has 26 heteroatoms. The van der Waals surface area contributed by atoms with Crippen LogP contribution in [0.15, 0.2) is 84.1 Å². The number of fused-ring (bicyclic) bond motifs is 2. The number of Topliss-reactive ketones (excluding diaryl/α,β-unsaturated/α-hetero) is 3. The summed E-state index contributed by atoms with van der Waals surface area (Å²) in [6.07, 6.45) is 21.9. The number of carbonyl (C=O) groups is 5. The molecule has 93 heavy (non-hydrogen) atoms. The van der Waals surface area contributed by atoms with Crippen molar-refractivity contribution in [1.82, 2.24) is 48.9 Å². The van der Waals surface area contributed by atoms with E-state index in [-0.39, 0.29) is 52.8 Å². The minimum atomic E-state index is -0.608. The summed E-state index contributed by atoms with van der Waals surface area (Å²) in [5.74, 6) is 2.12. The number of aliphatic hydroxyl groups excluding tert-OH is 2. The second kappa shape index (κ2) is 35.2. The normalized spacial score (nSPS) is 19.2. The lowest BCUT2D eigenvalue weighted by Gasteiger charge is -2.40. The number of terminal acetylenes is 1. The smallest absolute Gasteiger partial charge is 0.356 e. The minimum Gasteiger partial charge on any atom is -0.498 e. The Morgan fingerprint density at radius 3 is 1.63 bits per heavy atom. The van der Waals surface area contributed by atoms with Crippen molar-refractivity contribution in [3.05, 3.63) is 136 Å². The second-order valence-electron chi connectivity index (χ2n) is 22.3. The molecule has 3 unspecified atom stereocenters. The molecular formula is C67H86N14O12. The molecule has 3 aliphatic heterocycles. The third kappa shape index (κ3) is 19.9. The zero-order chi connectivity index (χ0) is 69.4. The van der Waals surface area contributed by atoms with Gasteiger partial charge < -0.3 is 33.9 Å². The average molecular weight is 1280 g/mol. The van der Waals surface area contributed by atoms with Gasteiger partial charge in [-0.1, -0.05) is 18.1 Å². The summed E-state index contributed by atoms with van der Waals surface area (Å²) in [7, 11) is 8.42. The molecule has 2 N–H and O–H groups in total. The molecule has 6 atom stereocenters. The van der Waals surface area contributed by atoms with E-state index in [9.17, 15) is 24.0 Å². The molecule has 0 aromatic carbocycles. The number of aliphatic hydroxyl groups is 2. The van der Waals surface area contributed by atoms with E-state index in [4.69, 9.17) is 56.1 Å². The van der Waals surface area contributed by atoms with E-state index in [0.717, 1.165) is 63.1 Å². The fourth-order valence-corrected chi connectivity index (χ4v) is 10.7. The van der Waals surface area contributed by atoms with Gasteiger partial charge in [0.15, 0.2) is 23.1 Å². The monoisotopic (exact) mass is 1280 g/mol. The van der Waals surface area contributed by atoms with Crippen LogP contribution in [0.25, 0.3) is 0 Å². The lowest BCUT2D eigenvalue weighted by molar-refractivity contribution is -0.268. The van der Waals surface area contributed by atoms with Crippen LogP contribution in [0.2, 0.25) is 0 Å². The Hall–Kier alpha value is -9.70. The van der Waals surface area contributed by atoms with Crippen molar-refractivity contribution in [3.63, 3.8) is 0 Å². The van der Waals surface area contributed by atoms with Crippen molar-refractivity contribution in [1.29, 1.82) is 15.8 Å². The van der Waals surface area contributed by atoms with E-state index in [0.29, 0.717) is 64.1 Å². The molecule has 0 spiro atoms. The minimum absolute atomic E-state index is 0.0761. The third-order valence-electron chi connectivity index (χ3n) is 15.7. The number of rotatable bonds is 16. The van der Waals surface area contributed by atoms with E-state index in [1.807, 2.05) is 50.4 Å². The van der Waals surface area contributed by atoms with Gasteiger partial charge in [-0.25, -0.2) is 9.59 Å². The van der Waals surface area contributed by atoms with Crippen LogP contribution in [0.1, 0.15) is 203 Å². The number of esters is 2. The summed E-state index contributed by atoms with van der Waals surface area (Å²) >= 11 is 0. The molecule has 1 saturated carbocycles. The topological polar surface area (TPSA) is 345 Å². The molecule has 2 aliphatic carbocycles. The first-order valence-corrected chi connectivity index (χ1v) is 30.3. The molecule has 0 amide bonds. The highest BCUT2D eigenvalue weighted by molar-refractivity contribution is 6.44. The van der Waals surface area contributed by atoms with Crippen LogP contribution in [-0.2, 0) is 68.5 Å². The van der Waals surface area contributed by atoms with Gasteiger partial charge in [-0.3, -0.25) is 42.8 Å². The molecule has 8 heterocycles. The molecule has 496 valence electrons. The first-order chi connectivity index (χ1) is 44.1. The largest absolute Gasteiger partial charge is 0.498 e. The molecule has 5 aromatic heterocycles. The standard InChI is InChI=1S/C18H24N2O2.C10H14O.C9H12N2O3.C9H11NO3.2C7H9N3O.C7H7N3O/c1-5-8-17-9-7-10-18(17,21-12-11-17)22-14(3)16-13-15(6-2)20(4)19-16;1-2-5-10-6-3-4-9(10)11-8-7-10;1-4-14-9(13)8-5-7(6(2)12)10-11(8)3;1-3-13-9(12)7-4-8(6(2)11)10-5-7;3*1-5(11)7-3-6(4-8)10(2)9-7/h2,5,13-14H,1,7-12H2,3-4H3;2,4H,1,3,5-8H2;5H,4H2,1-3H3;4H,3,5H2,1-2H3;2*3,5,11H,1-2H3;3H,1-2H3/t14?,17-,18+;10-;;;;;/m00...../s1. The fourth-order valence-electron chi connectivity index (χ4n) is 10.7. The van der Waals surface area contributed by atoms with Crippen LogP contribution in [0.3, 0.4) is 0 Å². The quantitative estimate of drug-likeness (QED) is 0.0404. The predicted octanol–water partition coefficient (Wildman–Crippen LogP) is 8.49. The van der Waals surface area contributed by atoms with E-state index in [1.165, 1.54) is 82.7 Å². The number of hydrogen-bond donors (Lipinski definition) is 2. The van der Waals surface area contributed by atoms with Gasteiger partial charge in [0.25, 0.3) is 0 Å². The van der Waals surface area contributed by atoms with Crippen molar-refractivity contribution in [2.24, 2.45) is 51.1 Å². The molecule has 5 aromatic rings. The summed E-state index contributed by atoms with van der Waals surface area (Å²) in [5.41, 5.74) is 6.16. The number of hydrogen-bond acceptors (Lipinski definition) is 21. The van der Waals surface area contributed by atoms with Crippen LogP contribution >= 0.6 is 0 Å². The van der Waals surface area contributed by atoms with Crippen LogP contribution in [0.5, 0.6) is 0 Å². The number of nitriles is 3. The van der Waals surface area contributed by atoms with Gasteiger partial charge in [0.05, 0.1) is 73.6 Å². The van der Waals surface area contributed by atoms with Crippen molar-refractivity contribution >= 4 is 35.0 Å². The highest BCUT2D eigenvalue weighted by Gasteiger charge is 2.60. The van der Waals surface area contributed by atoms with Crippen LogP contribution < -0.4 is 0 Å². The summed E-state index contributed by atoms with van der Waals surface area (Å²) in [4.78, 5) is 58.9. The Labute approximate surface area is 543 Å². The molecule has 2 saturated heterocycles. The summed E-state index contributed by atoms with van der Waals surface area (Å²) < 4.78 is 35.0. The first kappa shape index (κ1) is 75.8. The molecule has 0 bridgehead atoms. The maximum absolute atomic E-state index is 11.3. The number of allylic oxidation sites excluding steroid dienone is 5. The summed E-state index contributed by atoms with van der Waals surface area (Å²) in [6, 6.07) is 13.8. The van der Waals surface area contributed by atoms with Gasteiger partial charge in [0, 0.05) is 97.5 Å². The Balaban J connectivity index is 0.000000235. The number of ether oxygens (including phenoxy) is 5. The molecular weight excluding hydrogens is 1190 g/mol. The van der Waals surface area contributed by atoms with Crippen molar-refractivity contribution in [3.8, 4) is 30.6 Å². The number of carbonyl (C=O) groups excluding carboxylic acids is 5. The number of aryl methyl sites for hydroxylation is 5. The first-order valence-electron chi connectivity index (χ1n) is 30.3. The maximum atomic E-state index is 11.3. The van der Waals surface area contributed by atoms with Crippen molar-refractivity contribution < 1.29 is 57.9 Å². The van der Waals surface area contributed by atoms with Crippen molar-refractivity contribution in [2.75, 3.05) is 33.0 Å². The Morgan fingerprint density at radius 2 is 1.18 bits per heavy atom. The van der Waals surface area contributed by atoms with Gasteiger partial charge in [0.1, 0.15) is 69.9 Å². The van der Waals surface area contributed by atoms with Gasteiger partial charge in [0.2, 0.25) is 0 Å². The molecule has 10 rings (SSSR count). The lowest BCUT2D eigenvalue weighted by atomic mass is 9.77. The van der Waals surface area contributed by atoms with E-state index < -0.39 is 24.0 Å². The molecule has 0 radical (unpaired) electrons. The number of aliphatic imine (C=N–C) groups is 1. The number of nitrogens with zero attached hydrogens (tertiary/aromatic N) is 14. The predicted molar refractivity (Wildman–Crippen MR) is 342 cm³/mol. The summed E-state index contributed by atoms with van der Waals surface area (Å²) in [6.45, 7) is 23.3. The second-order valence-corrected chi connectivity index (χ2v) is 22.3. The van der Waals surface area contributed by atoms with E-state index >= 15 is 0 Å². The number of ketones is 3. The Kier molecular flexibility index (Phi) is 28.7. The van der Waals surface area contributed by atoms with Crippen LogP contribution in [0, 0.1) is 57.2 Å². The molecule has 26 nitrogen and oxygen atoms in total. The van der Waals surface area contributed by atoms with Crippen LogP contribution in [-0.4, -0.2) is 133 Å².